The van der Waals surface area contributed by atoms with Crippen LogP contribution in [0.25, 0.3) is 0 Å². The molecule has 132 valence electrons. The van der Waals surface area contributed by atoms with Crippen LogP contribution < -0.4 is 0 Å². The van der Waals surface area contributed by atoms with E-state index in [1.54, 1.807) is 0 Å². The van der Waals surface area contributed by atoms with Gasteiger partial charge in [0.15, 0.2) is 0 Å². The molecule has 0 unspecified atom stereocenters. The molecule has 0 N–H and O–H groups in total. The van der Waals surface area contributed by atoms with Gasteiger partial charge in [0.25, 0.3) is 0 Å². The fraction of sp³-hybridized carbons (Fsp3) is 0.952. The highest BCUT2D eigenvalue weighted by molar-refractivity contribution is 5.76. The standard InChI is InChI=1S/C21H36O2/c1-6-20(4,5)19(22)23-21(7-2,8-3)18-16-10-14-9-15(12-16)13-17(18)11-14/h14-18H,6-13H2,1-5H3. The molecular weight excluding hydrogens is 284 g/mol. The first-order valence-corrected chi connectivity index (χ1v) is 10.1. The molecule has 4 saturated carbocycles. The first kappa shape index (κ1) is 17.3. The lowest BCUT2D eigenvalue weighted by Gasteiger charge is -2.59. The van der Waals surface area contributed by atoms with Crippen molar-refractivity contribution in [3.8, 4) is 0 Å². The highest BCUT2D eigenvalue weighted by Gasteiger charge is 2.56. The molecule has 0 aromatic rings. The molecule has 4 fully saturated rings. The summed E-state index contributed by atoms with van der Waals surface area (Å²) < 4.78 is 6.38. The molecule has 0 saturated heterocycles. The minimum atomic E-state index is -0.360. The topological polar surface area (TPSA) is 26.3 Å². The molecule has 0 aromatic heterocycles. The summed E-state index contributed by atoms with van der Waals surface area (Å²) in [5, 5.41) is 0. The van der Waals surface area contributed by atoms with Gasteiger partial charge in [0.2, 0.25) is 0 Å². The van der Waals surface area contributed by atoms with Crippen LogP contribution in [0, 0.1) is 35.0 Å². The Bertz CT molecular complexity index is 419. The summed E-state index contributed by atoms with van der Waals surface area (Å²) in [5.41, 5.74) is -0.576. The van der Waals surface area contributed by atoms with E-state index in [1.807, 2.05) is 13.8 Å². The second kappa shape index (κ2) is 6.08. The number of rotatable bonds is 6. The van der Waals surface area contributed by atoms with E-state index in [-0.39, 0.29) is 17.0 Å². The predicted octanol–water partition coefficient (Wildman–Crippen LogP) is 5.60. The molecule has 0 atom stereocenters. The van der Waals surface area contributed by atoms with E-state index in [0.717, 1.165) is 42.9 Å². The third-order valence-corrected chi connectivity index (χ3v) is 7.76. The van der Waals surface area contributed by atoms with E-state index < -0.39 is 0 Å². The predicted molar refractivity (Wildman–Crippen MR) is 94.0 cm³/mol. The number of carbonyl (C=O) groups excluding carboxylic acids is 1. The Labute approximate surface area is 142 Å². The van der Waals surface area contributed by atoms with Gasteiger partial charge in [-0.05, 0) is 88.9 Å². The van der Waals surface area contributed by atoms with Crippen molar-refractivity contribution in [2.75, 3.05) is 0 Å². The number of esters is 1. The molecule has 23 heavy (non-hydrogen) atoms. The SMILES string of the molecule is CCC(C)(C)C(=O)OC(CC)(CC)C1C2CC3CC(C2)CC1C3. The highest BCUT2D eigenvalue weighted by Crippen LogP contribution is 2.60. The van der Waals surface area contributed by atoms with Crippen LogP contribution in [0.5, 0.6) is 0 Å². The number of carbonyl (C=O) groups is 1. The molecule has 4 rings (SSSR count). The van der Waals surface area contributed by atoms with Crippen LogP contribution in [0.1, 0.15) is 86.0 Å². The number of hydrogen-bond donors (Lipinski definition) is 0. The van der Waals surface area contributed by atoms with E-state index in [9.17, 15) is 4.79 Å². The lowest BCUT2D eigenvalue weighted by Crippen LogP contribution is -2.56. The molecule has 2 nitrogen and oxygen atoms in total. The zero-order chi connectivity index (χ0) is 16.8. The minimum absolute atomic E-state index is 0.0255. The molecule has 0 aliphatic heterocycles. The average molecular weight is 321 g/mol. The van der Waals surface area contributed by atoms with Gasteiger partial charge in [0, 0.05) is 5.92 Å². The summed E-state index contributed by atoms with van der Waals surface area (Å²) in [6.07, 6.45) is 9.86. The Kier molecular flexibility index (Phi) is 4.57. The maximum absolute atomic E-state index is 12.8. The Morgan fingerprint density at radius 3 is 1.74 bits per heavy atom. The normalized spacial score (nSPS) is 36.3. The fourth-order valence-electron chi connectivity index (χ4n) is 6.19. The number of hydrogen-bond acceptors (Lipinski definition) is 2. The summed E-state index contributed by atoms with van der Waals surface area (Å²) in [4.78, 5) is 12.8. The van der Waals surface area contributed by atoms with Crippen LogP contribution in [0.3, 0.4) is 0 Å². The summed E-state index contributed by atoms with van der Waals surface area (Å²) >= 11 is 0. The second-order valence-electron chi connectivity index (χ2n) is 9.36. The molecule has 0 radical (unpaired) electrons. The summed E-state index contributed by atoms with van der Waals surface area (Å²) in [5.74, 6) is 4.21. The molecule has 0 aromatic carbocycles. The van der Waals surface area contributed by atoms with Crippen molar-refractivity contribution in [3.63, 3.8) is 0 Å². The maximum Gasteiger partial charge on any atom is 0.312 e. The molecule has 4 aliphatic rings. The molecular formula is C21H36O2. The third-order valence-electron chi connectivity index (χ3n) is 7.76. The van der Waals surface area contributed by atoms with Gasteiger partial charge < -0.3 is 4.74 Å². The minimum Gasteiger partial charge on any atom is -0.458 e. The van der Waals surface area contributed by atoms with E-state index in [2.05, 4.69) is 20.8 Å². The van der Waals surface area contributed by atoms with E-state index >= 15 is 0 Å². The van der Waals surface area contributed by atoms with Crippen molar-refractivity contribution >= 4 is 5.97 Å². The van der Waals surface area contributed by atoms with Crippen LogP contribution in [0.2, 0.25) is 0 Å². The van der Waals surface area contributed by atoms with Crippen LogP contribution >= 0.6 is 0 Å². The zero-order valence-electron chi connectivity index (χ0n) is 15.9. The molecule has 0 amide bonds. The van der Waals surface area contributed by atoms with E-state index in [1.165, 1.54) is 32.1 Å². The lowest BCUT2D eigenvalue weighted by atomic mass is 9.48. The monoisotopic (exact) mass is 320 g/mol. The summed E-state index contributed by atoms with van der Waals surface area (Å²) in [6.45, 7) is 10.6. The van der Waals surface area contributed by atoms with Crippen LogP contribution in [-0.2, 0) is 9.53 Å². The van der Waals surface area contributed by atoms with Crippen molar-refractivity contribution in [1.29, 1.82) is 0 Å². The quantitative estimate of drug-likeness (QED) is 0.596. The van der Waals surface area contributed by atoms with Gasteiger partial charge in [-0.25, -0.2) is 0 Å². The van der Waals surface area contributed by atoms with Crippen molar-refractivity contribution in [2.24, 2.45) is 35.0 Å². The largest absolute Gasteiger partial charge is 0.458 e. The average Bonchev–Trinajstić information content (AvgIpc) is 2.52. The third kappa shape index (κ3) is 2.85. The van der Waals surface area contributed by atoms with Gasteiger partial charge in [0.05, 0.1) is 5.41 Å². The van der Waals surface area contributed by atoms with Gasteiger partial charge in [0.1, 0.15) is 5.60 Å². The first-order valence-electron chi connectivity index (χ1n) is 10.1. The smallest absolute Gasteiger partial charge is 0.312 e. The lowest BCUT2D eigenvalue weighted by molar-refractivity contribution is -0.199. The summed E-state index contributed by atoms with van der Waals surface area (Å²) in [6, 6.07) is 0. The molecule has 2 heteroatoms. The second-order valence-corrected chi connectivity index (χ2v) is 9.36. The Balaban J connectivity index is 1.84. The molecule has 0 spiro atoms. The Hall–Kier alpha value is -0.530. The van der Waals surface area contributed by atoms with Gasteiger partial charge in [-0.2, -0.15) is 0 Å². The van der Waals surface area contributed by atoms with Crippen molar-refractivity contribution in [2.45, 2.75) is 91.6 Å². The fourth-order valence-corrected chi connectivity index (χ4v) is 6.19. The van der Waals surface area contributed by atoms with Crippen molar-refractivity contribution < 1.29 is 9.53 Å². The number of ether oxygens (including phenoxy) is 1. The summed E-state index contributed by atoms with van der Waals surface area (Å²) in [7, 11) is 0. The van der Waals surface area contributed by atoms with Gasteiger partial charge >= 0.3 is 5.97 Å². The van der Waals surface area contributed by atoms with E-state index in [4.69, 9.17) is 4.74 Å². The maximum atomic E-state index is 12.8. The van der Waals surface area contributed by atoms with E-state index in [0.29, 0.717) is 5.92 Å². The van der Waals surface area contributed by atoms with Crippen molar-refractivity contribution in [1.82, 2.24) is 0 Å². The highest BCUT2D eigenvalue weighted by atomic mass is 16.6. The Morgan fingerprint density at radius 1 is 0.870 bits per heavy atom. The molecule has 4 bridgehead atoms. The van der Waals surface area contributed by atoms with Crippen LogP contribution in [-0.4, -0.2) is 11.6 Å². The first-order chi connectivity index (χ1) is 10.8. The van der Waals surface area contributed by atoms with Gasteiger partial charge in [-0.15, -0.1) is 0 Å². The van der Waals surface area contributed by atoms with Gasteiger partial charge in [-0.1, -0.05) is 20.8 Å². The zero-order valence-corrected chi connectivity index (χ0v) is 15.9. The Morgan fingerprint density at radius 2 is 1.35 bits per heavy atom. The molecule has 4 aliphatic carbocycles. The van der Waals surface area contributed by atoms with Crippen LogP contribution in [0.15, 0.2) is 0 Å². The van der Waals surface area contributed by atoms with Crippen molar-refractivity contribution in [3.05, 3.63) is 0 Å². The molecule has 0 heterocycles. The van der Waals surface area contributed by atoms with Crippen LogP contribution in [0.4, 0.5) is 0 Å². The van der Waals surface area contributed by atoms with Gasteiger partial charge in [-0.3, -0.25) is 4.79 Å².